The molecule has 0 bridgehead atoms. The van der Waals surface area contributed by atoms with Crippen molar-refractivity contribution >= 4 is 11.5 Å². The molecule has 0 aliphatic rings. The molecule has 2 aromatic rings. The van der Waals surface area contributed by atoms with E-state index in [2.05, 4.69) is 15.5 Å². The molecule has 0 unspecified atom stereocenters. The van der Waals surface area contributed by atoms with Crippen molar-refractivity contribution in [3.8, 4) is 0 Å². The van der Waals surface area contributed by atoms with E-state index in [1.165, 1.54) is 6.20 Å². The first-order chi connectivity index (χ1) is 7.27. The summed E-state index contributed by atoms with van der Waals surface area (Å²) in [7, 11) is 0. The van der Waals surface area contributed by atoms with Crippen LogP contribution in [0.3, 0.4) is 0 Å². The van der Waals surface area contributed by atoms with E-state index in [0.29, 0.717) is 18.0 Å². The summed E-state index contributed by atoms with van der Waals surface area (Å²) in [5.41, 5.74) is 0.344. The average Bonchev–Trinajstić information content (AvgIpc) is 2.86. The van der Waals surface area contributed by atoms with Crippen LogP contribution >= 0.6 is 0 Å². The summed E-state index contributed by atoms with van der Waals surface area (Å²) in [5, 5.41) is 19.2. The molecule has 15 heavy (non-hydrogen) atoms. The molecule has 2 rings (SSSR count). The lowest BCUT2D eigenvalue weighted by Gasteiger charge is -2.00. The Morgan fingerprint density at radius 3 is 3.20 bits per heavy atom. The zero-order valence-electron chi connectivity index (χ0n) is 7.64. The zero-order valence-corrected chi connectivity index (χ0v) is 7.64. The smallest absolute Gasteiger partial charge is 0.366 e. The van der Waals surface area contributed by atoms with Crippen molar-refractivity contribution in [3.63, 3.8) is 0 Å². The molecule has 2 aromatic heterocycles. The number of rotatable bonds is 4. The number of nitrogens with zero attached hydrogens (tertiary/aromatic N) is 2. The van der Waals surface area contributed by atoms with E-state index in [1.54, 1.807) is 18.4 Å². The van der Waals surface area contributed by atoms with Crippen LogP contribution in [-0.4, -0.2) is 15.1 Å². The normalized spacial score (nSPS) is 10.1. The minimum Gasteiger partial charge on any atom is -0.467 e. The van der Waals surface area contributed by atoms with Gasteiger partial charge in [0.25, 0.3) is 0 Å². The second-order valence-electron chi connectivity index (χ2n) is 2.82. The first-order valence-electron chi connectivity index (χ1n) is 4.21. The Labute approximate surface area is 84.2 Å². The summed E-state index contributed by atoms with van der Waals surface area (Å²) >= 11 is 0. The fraction of sp³-hybridized carbons (Fsp3) is 0.125. The molecule has 0 atom stereocenters. The van der Waals surface area contributed by atoms with Gasteiger partial charge in [0.05, 0.1) is 12.8 Å². The number of H-pyrrole nitrogens is 1. The van der Waals surface area contributed by atoms with Crippen molar-refractivity contribution in [1.29, 1.82) is 0 Å². The Morgan fingerprint density at radius 1 is 1.67 bits per heavy atom. The molecule has 2 N–H and O–H groups in total. The highest BCUT2D eigenvalue weighted by Crippen LogP contribution is 2.20. The summed E-state index contributed by atoms with van der Waals surface area (Å²) in [6.45, 7) is 0.382. The number of nitrogens with one attached hydrogen (secondary N) is 2. The van der Waals surface area contributed by atoms with Gasteiger partial charge in [-0.3, -0.25) is 0 Å². The monoisotopic (exact) mass is 208 g/mol. The highest BCUT2D eigenvalue weighted by Gasteiger charge is 2.14. The maximum atomic E-state index is 10.5. The first kappa shape index (κ1) is 9.25. The summed E-state index contributed by atoms with van der Waals surface area (Å²) in [4.78, 5) is 9.98. The van der Waals surface area contributed by atoms with E-state index in [0.717, 1.165) is 0 Å². The lowest BCUT2D eigenvalue weighted by Crippen LogP contribution is -2.00. The molecule has 78 valence electrons. The standard InChI is InChI=1S/C8H8N4O3/c13-12(14)8-7(5-10-11-8)9-4-6-2-1-3-15-6/h1-3,5,9H,4H2,(H,10,11). The van der Waals surface area contributed by atoms with Gasteiger partial charge in [0.15, 0.2) is 5.69 Å². The molecule has 0 aliphatic carbocycles. The van der Waals surface area contributed by atoms with Crippen LogP contribution in [0.25, 0.3) is 0 Å². The fourth-order valence-electron chi connectivity index (χ4n) is 1.14. The van der Waals surface area contributed by atoms with Crippen LogP contribution < -0.4 is 5.32 Å². The SMILES string of the molecule is O=[N+]([O-])c1[nH]ncc1NCc1ccco1. The number of hydrogen-bond acceptors (Lipinski definition) is 5. The molecule has 0 saturated heterocycles. The molecular weight excluding hydrogens is 200 g/mol. The number of nitro groups is 1. The third-order valence-corrected chi connectivity index (χ3v) is 1.83. The predicted molar refractivity (Wildman–Crippen MR) is 51.3 cm³/mol. The quantitative estimate of drug-likeness (QED) is 0.586. The summed E-state index contributed by atoms with van der Waals surface area (Å²) in [5.74, 6) is 0.548. The number of furan rings is 1. The van der Waals surface area contributed by atoms with Crippen LogP contribution in [0.15, 0.2) is 29.0 Å². The second kappa shape index (κ2) is 3.82. The lowest BCUT2D eigenvalue weighted by atomic mass is 10.4. The topological polar surface area (TPSA) is 97.0 Å². The van der Waals surface area contributed by atoms with Crippen LogP contribution in [0.2, 0.25) is 0 Å². The number of anilines is 1. The van der Waals surface area contributed by atoms with E-state index in [9.17, 15) is 10.1 Å². The van der Waals surface area contributed by atoms with Crippen LogP contribution in [0.5, 0.6) is 0 Å². The molecule has 0 aliphatic heterocycles. The van der Waals surface area contributed by atoms with Crippen molar-refractivity contribution in [1.82, 2.24) is 10.2 Å². The van der Waals surface area contributed by atoms with Crippen molar-refractivity contribution in [2.24, 2.45) is 0 Å². The van der Waals surface area contributed by atoms with E-state index in [4.69, 9.17) is 4.42 Å². The summed E-state index contributed by atoms with van der Waals surface area (Å²) in [6, 6.07) is 3.53. The maximum absolute atomic E-state index is 10.5. The maximum Gasteiger partial charge on any atom is 0.366 e. The molecule has 7 heteroatoms. The van der Waals surface area contributed by atoms with Gasteiger partial charge in [-0.15, -0.1) is 5.10 Å². The molecule has 0 amide bonds. The van der Waals surface area contributed by atoms with Gasteiger partial charge in [0.2, 0.25) is 0 Å². The minimum atomic E-state index is -0.530. The molecule has 7 nitrogen and oxygen atoms in total. The largest absolute Gasteiger partial charge is 0.467 e. The second-order valence-corrected chi connectivity index (χ2v) is 2.82. The molecule has 2 heterocycles. The first-order valence-corrected chi connectivity index (χ1v) is 4.21. The third kappa shape index (κ3) is 1.96. The van der Waals surface area contributed by atoms with Gasteiger partial charge in [-0.2, -0.15) is 0 Å². The Hall–Kier alpha value is -2.31. The number of hydrogen-bond donors (Lipinski definition) is 2. The van der Waals surface area contributed by atoms with E-state index in [1.807, 2.05) is 0 Å². The zero-order chi connectivity index (χ0) is 10.7. The molecule has 0 spiro atoms. The third-order valence-electron chi connectivity index (χ3n) is 1.83. The lowest BCUT2D eigenvalue weighted by molar-refractivity contribution is -0.388. The van der Waals surface area contributed by atoms with Crippen LogP contribution in [0.1, 0.15) is 5.76 Å². The summed E-state index contributed by atoms with van der Waals surface area (Å²) in [6.07, 6.45) is 2.90. The van der Waals surface area contributed by atoms with E-state index in [-0.39, 0.29) is 5.82 Å². The molecule has 0 radical (unpaired) electrons. The molecule has 0 aromatic carbocycles. The van der Waals surface area contributed by atoms with Gasteiger partial charge < -0.3 is 19.8 Å². The highest BCUT2D eigenvalue weighted by atomic mass is 16.6. The van der Waals surface area contributed by atoms with Gasteiger partial charge in [0.1, 0.15) is 12.0 Å². The Kier molecular flexibility index (Phi) is 2.36. The molecule has 0 saturated carbocycles. The van der Waals surface area contributed by atoms with E-state index >= 15 is 0 Å². The number of aromatic amines is 1. The predicted octanol–water partition coefficient (Wildman–Crippen LogP) is 1.52. The van der Waals surface area contributed by atoms with Crippen molar-refractivity contribution in [2.75, 3.05) is 5.32 Å². The average molecular weight is 208 g/mol. The Balaban J connectivity index is 2.05. The molecular formula is C8H8N4O3. The fourth-order valence-corrected chi connectivity index (χ4v) is 1.14. The van der Waals surface area contributed by atoms with E-state index < -0.39 is 4.92 Å². The van der Waals surface area contributed by atoms with Crippen molar-refractivity contribution in [2.45, 2.75) is 6.54 Å². The Bertz CT molecular complexity index is 448. The van der Waals surface area contributed by atoms with Gasteiger partial charge in [-0.05, 0) is 17.1 Å². The molecule has 0 fully saturated rings. The van der Waals surface area contributed by atoms with Gasteiger partial charge in [-0.1, -0.05) is 5.10 Å². The van der Waals surface area contributed by atoms with Crippen LogP contribution in [-0.2, 0) is 6.54 Å². The van der Waals surface area contributed by atoms with Gasteiger partial charge in [0, 0.05) is 0 Å². The summed E-state index contributed by atoms with van der Waals surface area (Å²) < 4.78 is 5.07. The Morgan fingerprint density at radius 2 is 2.53 bits per heavy atom. The number of aromatic nitrogens is 2. The minimum absolute atomic E-state index is 0.151. The van der Waals surface area contributed by atoms with Gasteiger partial charge >= 0.3 is 5.82 Å². The van der Waals surface area contributed by atoms with Crippen molar-refractivity contribution in [3.05, 3.63) is 40.5 Å². The van der Waals surface area contributed by atoms with Crippen molar-refractivity contribution < 1.29 is 9.34 Å². The van der Waals surface area contributed by atoms with Gasteiger partial charge in [-0.25, -0.2) is 0 Å². The van der Waals surface area contributed by atoms with Crippen LogP contribution in [0, 0.1) is 10.1 Å². The van der Waals surface area contributed by atoms with Crippen LogP contribution in [0.4, 0.5) is 11.5 Å². The highest BCUT2D eigenvalue weighted by molar-refractivity contribution is 5.55.